The average Bonchev–Trinajstić information content (AvgIpc) is 3.19. The molecule has 0 atom stereocenters. The van der Waals surface area contributed by atoms with Crippen LogP contribution >= 0.6 is 11.6 Å². The van der Waals surface area contributed by atoms with Crippen molar-refractivity contribution in [2.45, 2.75) is 44.6 Å². The van der Waals surface area contributed by atoms with Crippen LogP contribution in [0.2, 0.25) is 5.02 Å². The predicted octanol–water partition coefficient (Wildman–Crippen LogP) is 2.81. The summed E-state index contributed by atoms with van der Waals surface area (Å²) in [6, 6.07) is 7.31. The summed E-state index contributed by atoms with van der Waals surface area (Å²) in [6.07, 6.45) is 4.80. The number of piperidine rings is 2. The van der Waals surface area contributed by atoms with Gasteiger partial charge in [0.1, 0.15) is 0 Å². The number of hydrogen-bond donors (Lipinski definition) is 0. The zero-order chi connectivity index (χ0) is 20.4. The van der Waals surface area contributed by atoms with Gasteiger partial charge < -0.3 is 14.7 Å². The van der Waals surface area contributed by atoms with Gasteiger partial charge in [0.25, 0.3) is 5.91 Å². The maximum atomic E-state index is 13.0. The van der Waals surface area contributed by atoms with Crippen LogP contribution in [0.4, 0.5) is 0 Å². The van der Waals surface area contributed by atoms with E-state index in [4.69, 9.17) is 11.6 Å². The second-order valence-corrected chi connectivity index (χ2v) is 8.76. The molecule has 3 aliphatic heterocycles. The lowest BCUT2D eigenvalue weighted by Crippen LogP contribution is -2.50. The van der Waals surface area contributed by atoms with Gasteiger partial charge in [-0.1, -0.05) is 17.7 Å². The molecular weight excluding hydrogens is 390 g/mol. The van der Waals surface area contributed by atoms with Gasteiger partial charge in [-0.25, -0.2) is 0 Å². The minimum atomic E-state index is -0.0190. The largest absolute Gasteiger partial charge is 0.342 e. The van der Waals surface area contributed by atoms with Crippen LogP contribution in [0.3, 0.4) is 0 Å². The summed E-state index contributed by atoms with van der Waals surface area (Å²) >= 11 is 6.00. The molecule has 29 heavy (non-hydrogen) atoms. The highest BCUT2D eigenvalue weighted by molar-refractivity contribution is 6.30. The van der Waals surface area contributed by atoms with E-state index in [1.165, 1.54) is 0 Å². The van der Waals surface area contributed by atoms with E-state index in [1.54, 1.807) is 24.3 Å². The molecule has 0 spiro atoms. The van der Waals surface area contributed by atoms with Crippen molar-refractivity contribution >= 4 is 29.3 Å². The van der Waals surface area contributed by atoms with Gasteiger partial charge in [0.15, 0.2) is 0 Å². The molecule has 0 aromatic heterocycles. The summed E-state index contributed by atoms with van der Waals surface area (Å²) in [7, 11) is 0. The van der Waals surface area contributed by atoms with Crippen molar-refractivity contribution in [1.82, 2.24) is 14.7 Å². The van der Waals surface area contributed by atoms with Crippen molar-refractivity contribution in [3.63, 3.8) is 0 Å². The highest BCUT2D eigenvalue weighted by Crippen LogP contribution is 2.26. The van der Waals surface area contributed by atoms with Crippen LogP contribution in [-0.4, -0.2) is 71.2 Å². The summed E-state index contributed by atoms with van der Waals surface area (Å²) in [5.74, 6) is 0.454. The highest BCUT2D eigenvalue weighted by Gasteiger charge is 2.35. The lowest BCUT2D eigenvalue weighted by atomic mass is 9.93. The number of nitrogens with zero attached hydrogens (tertiary/aromatic N) is 3. The Hall–Kier alpha value is -2.08. The Morgan fingerprint density at radius 2 is 1.62 bits per heavy atom. The van der Waals surface area contributed by atoms with Crippen LogP contribution in [0.25, 0.3) is 0 Å². The molecule has 3 amide bonds. The SMILES string of the molecule is O=C(c1cccc(Cl)c1)N1CCC(C(=O)N2CCC(N3CCCC3=O)CC2)CC1. The number of amides is 3. The van der Waals surface area contributed by atoms with E-state index in [0.29, 0.717) is 49.0 Å². The van der Waals surface area contributed by atoms with Gasteiger partial charge >= 0.3 is 0 Å². The van der Waals surface area contributed by atoms with E-state index >= 15 is 0 Å². The second kappa shape index (κ2) is 8.74. The zero-order valence-corrected chi connectivity index (χ0v) is 17.4. The fourth-order valence-corrected chi connectivity index (χ4v) is 5.04. The van der Waals surface area contributed by atoms with Crippen LogP contribution in [-0.2, 0) is 9.59 Å². The minimum Gasteiger partial charge on any atom is -0.342 e. The molecule has 3 fully saturated rings. The molecule has 0 N–H and O–H groups in total. The quantitative estimate of drug-likeness (QED) is 0.759. The number of carbonyl (C=O) groups excluding carboxylic acids is 3. The van der Waals surface area contributed by atoms with Crippen LogP contribution in [0.5, 0.6) is 0 Å². The maximum Gasteiger partial charge on any atom is 0.253 e. The molecule has 156 valence electrons. The van der Waals surface area contributed by atoms with Gasteiger partial charge in [-0.15, -0.1) is 0 Å². The van der Waals surface area contributed by atoms with E-state index in [9.17, 15) is 14.4 Å². The smallest absolute Gasteiger partial charge is 0.253 e. The third-order valence-corrected chi connectivity index (χ3v) is 6.77. The van der Waals surface area contributed by atoms with E-state index in [1.807, 2.05) is 14.7 Å². The number of rotatable bonds is 3. The summed E-state index contributed by atoms with van der Waals surface area (Å²) in [6.45, 7) is 3.53. The Morgan fingerprint density at radius 3 is 2.24 bits per heavy atom. The first kappa shape index (κ1) is 20.2. The van der Waals surface area contributed by atoms with Crippen LogP contribution < -0.4 is 0 Å². The van der Waals surface area contributed by atoms with Gasteiger partial charge in [-0.3, -0.25) is 14.4 Å². The molecule has 3 heterocycles. The van der Waals surface area contributed by atoms with Gasteiger partial charge in [-0.05, 0) is 50.3 Å². The van der Waals surface area contributed by atoms with Crippen molar-refractivity contribution in [1.29, 1.82) is 0 Å². The van der Waals surface area contributed by atoms with Gasteiger partial charge in [0.2, 0.25) is 11.8 Å². The Kier molecular flexibility index (Phi) is 6.09. The summed E-state index contributed by atoms with van der Waals surface area (Å²) in [5.41, 5.74) is 0.598. The van der Waals surface area contributed by atoms with Crippen molar-refractivity contribution in [3.05, 3.63) is 34.9 Å². The molecule has 4 rings (SSSR count). The van der Waals surface area contributed by atoms with Crippen molar-refractivity contribution in [3.8, 4) is 0 Å². The summed E-state index contributed by atoms with van der Waals surface area (Å²) in [4.78, 5) is 43.4. The monoisotopic (exact) mass is 417 g/mol. The van der Waals surface area contributed by atoms with E-state index in [2.05, 4.69) is 0 Å². The number of hydrogen-bond acceptors (Lipinski definition) is 3. The molecule has 0 unspecified atom stereocenters. The highest BCUT2D eigenvalue weighted by atomic mass is 35.5. The van der Waals surface area contributed by atoms with Crippen molar-refractivity contribution in [2.75, 3.05) is 32.7 Å². The van der Waals surface area contributed by atoms with Gasteiger partial charge in [0, 0.05) is 61.7 Å². The Morgan fingerprint density at radius 1 is 0.931 bits per heavy atom. The first-order chi connectivity index (χ1) is 14.0. The fraction of sp³-hybridized carbons (Fsp3) is 0.591. The summed E-state index contributed by atoms with van der Waals surface area (Å²) < 4.78 is 0. The first-order valence-electron chi connectivity index (χ1n) is 10.7. The van der Waals surface area contributed by atoms with Gasteiger partial charge in [0.05, 0.1) is 0 Å². The van der Waals surface area contributed by atoms with Crippen LogP contribution in [0.1, 0.15) is 48.9 Å². The normalized spacial score (nSPS) is 21.7. The topological polar surface area (TPSA) is 60.9 Å². The fourth-order valence-electron chi connectivity index (χ4n) is 4.84. The Balaban J connectivity index is 1.26. The zero-order valence-electron chi connectivity index (χ0n) is 16.7. The maximum absolute atomic E-state index is 13.0. The molecule has 6 nitrogen and oxygen atoms in total. The predicted molar refractivity (Wildman–Crippen MR) is 111 cm³/mol. The third kappa shape index (κ3) is 4.42. The van der Waals surface area contributed by atoms with E-state index < -0.39 is 0 Å². The second-order valence-electron chi connectivity index (χ2n) is 8.32. The van der Waals surface area contributed by atoms with E-state index in [-0.39, 0.29) is 23.6 Å². The molecule has 1 aromatic rings. The molecule has 0 bridgehead atoms. The molecule has 0 saturated carbocycles. The Bertz CT molecular complexity index is 783. The lowest BCUT2D eigenvalue weighted by molar-refractivity contribution is -0.139. The van der Waals surface area contributed by atoms with Gasteiger partial charge in [-0.2, -0.15) is 0 Å². The molecule has 0 radical (unpaired) electrons. The van der Waals surface area contributed by atoms with Crippen LogP contribution in [0, 0.1) is 5.92 Å². The number of likely N-dealkylation sites (tertiary alicyclic amines) is 3. The molecule has 3 aliphatic rings. The summed E-state index contributed by atoms with van der Waals surface area (Å²) in [5, 5.41) is 0.556. The lowest BCUT2D eigenvalue weighted by Gasteiger charge is -2.39. The third-order valence-electron chi connectivity index (χ3n) is 6.53. The molecule has 1 aromatic carbocycles. The average molecular weight is 418 g/mol. The number of benzene rings is 1. The molecule has 3 saturated heterocycles. The minimum absolute atomic E-state index is 0.0108. The number of carbonyl (C=O) groups is 3. The van der Waals surface area contributed by atoms with E-state index in [0.717, 1.165) is 38.9 Å². The Labute approximate surface area is 176 Å². The van der Waals surface area contributed by atoms with Crippen molar-refractivity contribution < 1.29 is 14.4 Å². The molecule has 7 heteroatoms. The van der Waals surface area contributed by atoms with Crippen LogP contribution in [0.15, 0.2) is 24.3 Å². The molecular formula is C22H28ClN3O3. The first-order valence-corrected chi connectivity index (χ1v) is 11.0. The molecule has 0 aliphatic carbocycles. The number of halogens is 1. The van der Waals surface area contributed by atoms with Crippen molar-refractivity contribution in [2.24, 2.45) is 5.92 Å². The standard InChI is InChI=1S/C22H28ClN3O3/c23-18-4-1-3-17(15-18)22(29)24-11-6-16(7-12-24)21(28)25-13-8-19(9-14-25)26-10-2-5-20(26)27/h1,3-4,15-16,19H,2,5-14H2.